The maximum atomic E-state index is 13.0. The van der Waals surface area contributed by atoms with Gasteiger partial charge in [-0.1, -0.05) is 30.3 Å². The van der Waals surface area contributed by atoms with Crippen LogP contribution in [0.25, 0.3) is 0 Å². The average molecular weight is 349 g/mol. The Balaban J connectivity index is 1.47. The Morgan fingerprint density at radius 1 is 1.04 bits per heavy atom. The molecule has 0 aliphatic heterocycles. The molecular weight excluding hydrogens is 326 g/mol. The lowest BCUT2D eigenvalue weighted by Crippen LogP contribution is -2.31. The molecule has 5 nitrogen and oxygen atoms in total. The second-order valence-corrected chi connectivity index (χ2v) is 7.12. The first-order valence-corrected chi connectivity index (χ1v) is 9.14. The van der Waals surface area contributed by atoms with Gasteiger partial charge in [0, 0.05) is 24.3 Å². The van der Waals surface area contributed by atoms with Gasteiger partial charge in [0.05, 0.1) is 6.04 Å². The molecule has 0 saturated heterocycles. The van der Waals surface area contributed by atoms with Gasteiger partial charge in [0.1, 0.15) is 0 Å². The van der Waals surface area contributed by atoms with Crippen LogP contribution in [-0.2, 0) is 6.42 Å². The third kappa shape index (κ3) is 3.43. The van der Waals surface area contributed by atoms with Crippen LogP contribution in [-0.4, -0.2) is 29.9 Å². The topological polar surface area (TPSA) is 61.4 Å². The highest BCUT2D eigenvalue weighted by Gasteiger charge is 2.29. The van der Waals surface area contributed by atoms with E-state index in [1.165, 1.54) is 11.1 Å². The van der Waals surface area contributed by atoms with Gasteiger partial charge in [-0.3, -0.25) is 4.79 Å². The van der Waals surface area contributed by atoms with Crippen molar-refractivity contribution in [2.75, 3.05) is 12.4 Å². The number of carbonyl (C=O) groups excluding carboxylic acids is 2. The SMILES string of the molecule is CN(C(=O)c1cccc(NC(=O)NC2CC2)c1)[C@H]1CCc2ccccc21. The summed E-state index contributed by atoms with van der Waals surface area (Å²) in [6, 6.07) is 15.6. The molecule has 0 spiro atoms. The fraction of sp³-hybridized carbons (Fsp3) is 0.333. The van der Waals surface area contributed by atoms with E-state index in [0.29, 0.717) is 17.3 Å². The molecule has 2 aliphatic rings. The Morgan fingerprint density at radius 3 is 2.65 bits per heavy atom. The number of fused-ring (bicyclic) bond motifs is 1. The van der Waals surface area contributed by atoms with Gasteiger partial charge in [0.25, 0.3) is 5.91 Å². The maximum absolute atomic E-state index is 13.0. The first kappa shape index (κ1) is 16.6. The number of rotatable bonds is 4. The number of anilines is 1. The molecule has 0 radical (unpaired) electrons. The second-order valence-electron chi connectivity index (χ2n) is 7.12. The minimum Gasteiger partial charge on any atom is -0.335 e. The lowest BCUT2D eigenvalue weighted by atomic mass is 10.1. The van der Waals surface area contributed by atoms with Gasteiger partial charge in [-0.25, -0.2) is 4.79 Å². The van der Waals surface area contributed by atoms with E-state index in [2.05, 4.69) is 22.8 Å². The predicted octanol–water partition coefficient (Wildman–Crippen LogP) is 3.73. The van der Waals surface area contributed by atoms with Crippen molar-refractivity contribution in [1.82, 2.24) is 10.2 Å². The molecule has 2 aromatic carbocycles. The lowest BCUT2D eigenvalue weighted by molar-refractivity contribution is 0.0730. The van der Waals surface area contributed by atoms with E-state index in [1.807, 2.05) is 24.1 Å². The summed E-state index contributed by atoms with van der Waals surface area (Å²) in [4.78, 5) is 26.7. The van der Waals surface area contributed by atoms with Crippen LogP contribution < -0.4 is 10.6 Å². The van der Waals surface area contributed by atoms with Crippen LogP contribution in [0.3, 0.4) is 0 Å². The summed E-state index contributed by atoms with van der Waals surface area (Å²) in [5, 5.41) is 5.70. The molecule has 3 amide bonds. The Bertz CT molecular complexity index is 845. The predicted molar refractivity (Wildman–Crippen MR) is 101 cm³/mol. The van der Waals surface area contributed by atoms with Gasteiger partial charge in [0.15, 0.2) is 0 Å². The van der Waals surface area contributed by atoms with Crippen molar-refractivity contribution in [3.8, 4) is 0 Å². The standard InChI is InChI=1S/C21H23N3O2/c1-24(19-12-9-14-5-2-3-8-18(14)19)20(25)15-6-4-7-17(13-15)23-21(26)22-16-10-11-16/h2-8,13,16,19H,9-12H2,1H3,(H2,22,23,26)/t19-/m0/s1. The second kappa shape index (κ2) is 6.83. The van der Waals surface area contributed by atoms with E-state index in [4.69, 9.17) is 0 Å². The first-order valence-electron chi connectivity index (χ1n) is 9.14. The molecule has 1 saturated carbocycles. The van der Waals surface area contributed by atoms with E-state index in [0.717, 1.165) is 25.7 Å². The Hall–Kier alpha value is -2.82. The fourth-order valence-corrected chi connectivity index (χ4v) is 3.59. The van der Waals surface area contributed by atoms with Gasteiger partial charge in [-0.05, 0) is 55.0 Å². The Labute approximate surface area is 153 Å². The van der Waals surface area contributed by atoms with Crippen LogP contribution in [0.4, 0.5) is 10.5 Å². The highest BCUT2D eigenvalue weighted by Crippen LogP contribution is 2.35. The summed E-state index contributed by atoms with van der Waals surface area (Å²) < 4.78 is 0. The highest BCUT2D eigenvalue weighted by atomic mass is 16.2. The molecule has 0 unspecified atom stereocenters. The van der Waals surface area contributed by atoms with Crippen molar-refractivity contribution >= 4 is 17.6 Å². The molecule has 0 aromatic heterocycles. The first-order chi connectivity index (χ1) is 12.6. The summed E-state index contributed by atoms with van der Waals surface area (Å²) in [5.74, 6) is -0.0297. The molecule has 5 heteroatoms. The van der Waals surface area contributed by atoms with Crippen LogP contribution >= 0.6 is 0 Å². The molecule has 1 fully saturated rings. The third-order valence-electron chi connectivity index (χ3n) is 5.17. The lowest BCUT2D eigenvalue weighted by Gasteiger charge is -2.25. The number of amides is 3. The van der Waals surface area contributed by atoms with Crippen LogP contribution in [0.5, 0.6) is 0 Å². The maximum Gasteiger partial charge on any atom is 0.319 e. The quantitative estimate of drug-likeness (QED) is 0.883. The molecule has 0 heterocycles. The third-order valence-corrected chi connectivity index (χ3v) is 5.17. The van der Waals surface area contributed by atoms with E-state index < -0.39 is 0 Å². The van der Waals surface area contributed by atoms with Crippen molar-refractivity contribution in [1.29, 1.82) is 0 Å². The zero-order valence-corrected chi connectivity index (χ0v) is 14.9. The van der Waals surface area contributed by atoms with Crippen molar-refractivity contribution in [2.45, 2.75) is 37.8 Å². The number of carbonyl (C=O) groups is 2. The molecule has 1 atom stereocenters. The van der Waals surface area contributed by atoms with Gasteiger partial charge < -0.3 is 15.5 Å². The van der Waals surface area contributed by atoms with Gasteiger partial charge >= 0.3 is 6.03 Å². The monoisotopic (exact) mass is 349 g/mol. The molecule has 0 bridgehead atoms. The van der Waals surface area contributed by atoms with Gasteiger partial charge in [-0.15, -0.1) is 0 Å². The number of benzene rings is 2. The van der Waals surface area contributed by atoms with E-state index >= 15 is 0 Å². The molecule has 26 heavy (non-hydrogen) atoms. The van der Waals surface area contributed by atoms with Crippen LogP contribution in [0.15, 0.2) is 48.5 Å². The zero-order valence-electron chi connectivity index (χ0n) is 14.9. The minimum atomic E-state index is -0.213. The summed E-state index contributed by atoms with van der Waals surface area (Å²) in [7, 11) is 1.86. The van der Waals surface area contributed by atoms with Crippen molar-refractivity contribution in [3.63, 3.8) is 0 Å². The number of hydrogen-bond donors (Lipinski definition) is 2. The minimum absolute atomic E-state index is 0.0297. The van der Waals surface area contributed by atoms with Crippen molar-refractivity contribution < 1.29 is 9.59 Å². The van der Waals surface area contributed by atoms with Crippen LogP contribution in [0.2, 0.25) is 0 Å². The van der Waals surface area contributed by atoms with Gasteiger partial charge in [0.2, 0.25) is 0 Å². The summed E-state index contributed by atoms with van der Waals surface area (Å²) in [6.07, 6.45) is 4.03. The smallest absolute Gasteiger partial charge is 0.319 e. The molecule has 134 valence electrons. The van der Waals surface area contributed by atoms with Crippen molar-refractivity contribution in [2.24, 2.45) is 0 Å². The molecule has 2 N–H and O–H groups in total. The van der Waals surface area contributed by atoms with E-state index in [-0.39, 0.29) is 18.0 Å². The summed E-state index contributed by atoms with van der Waals surface area (Å²) in [5.41, 5.74) is 3.78. The molecule has 2 aliphatic carbocycles. The van der Waals surface area contributed by atoms with Crippen LogP contribution in [0, 0.1) is 0 Å². The molecule has 2 aromatic rings. The number of nitrogens with zero attached hydrogens (tertiary/aromatic N) is 1. The average Bonchev–Trinajstić information content (AvgIpc) is 3.35. The summed E-state index contributed by atoms with van der Waals surface area (Å²) in [6.45, 7) is 0. The van der Waals surface area contributed by atoms with E-state index in [9.17, 15) is 9.59 Å². The fourth-order valence-electron chi connectivity index (χ4n) is 3.59. The van der Waals surface area contributed by atoms with E-state index in [1.54, 1.807) is 24.3 Å². The number of nitrogens with one attached hydrogen (secondary N) is 2. The Morgan fingerprint density at radius 2 is 1.85 bits per heavy atom. The molecular formula is C21H23N3O2. The normalized spacial score (nSPS) is 18.1. The number of aryl methyl sites for hydroxylation is 1. The Kier molecular flexibility index (Phi) is 4.37. The number of hydrogen-bond acceptors (Lipinski definition) is 2. The molecule has 4 rings (SSSR count). The van der Waals surface area contributed by atoms with Crippen molar-refractivity contribution in [3.05, 3.63) is 65.2 Å². The zero-order chi connectivity index (χ0) is 18.1. The highest BCUT2D eigenvalue weighted by molar-refractivity contribution is 5.97. The van der Waals surface area contributed by atoms with Gasteiger partial charge in [-0.2, -0.15) is 0 Å². The largest absolute Gasteiger partial charge is 0.335 e. The van der Waals surface area contributed by atoms with Crippen LogP contribution in [0.1, 0.15) is 46.8 Å². The number of urea groups is 1. The summed E-state index contributed by atoms with van der Waals surface area (Å²) >= 11 is 0.